The molecule has 0 aliphatic heterocycles. The zero-order valence-corrected chi connectivity index (χ0v) is 17.1. The highest BCUT2D eigenvalue weighted by atomic mass is 16.5. The second kappa shape index (κ2) is 8.66. The summed E-state index contributed by atoms with van der Waals surface area (Å²) in [5.74, 6) is 1.44. The van der Waals surface area contributed by atoms with Crippen molar-refractivity contribution in [2.24, 2.45) is 0 Å². The molecule has 4 rings (SSSR count). The van der Waals surface area contributed by atoms with E-state index in [1.807, 2.05) is 32.0 Å². The van der Waals surface area contributed by atoms with Crippen LogP contribution in [0.25, 0.3) is 22.8 Å². The summed E-state index contributed by atoms with van der Waals surface area (Å²) in [5.41, 5.74) is 4.53. The Morgan fingerprint density at radius 2 is 2.17 bits per heavy atom. The molecule has 7 heteroatoms. The number of fused-ring (bicyclic) bond motifs is 1. The van der Waals surface area contributed by atoms with Crippen LogP contribution in [0.1, 0.15) is 30.5 Å². The van der Waals surface area contributed by atoms with Crippen molar-refractivity contribution in [2.75, 3.05) is 13.2 Å². The van der Waals surface area contributed by atoms with Gasteiger partial charge in [0.1, 0.15) is 11.8 Å². The Bertz CT molecular complexity index is 1080. The Morgan fingerprint density at radius 1 is 1.30 bits per heavy atom. The van der Waals surface area contributed by atoms with Crippen molar-refractivity contribution in [2.45, 2.75) is 38.8 Å². The first kappa shape index (κ1) is 20.1. The molecule has 1 aliphatic carbocycles. The van der Waals surface area contributed by atoms with Gasteiger partial charge in [-0.15, -0.1) is 0 Å². The Balaban J connectivity index is 1.61. The minimum Gasteiger partial charge on any atom is -0.490 e. The summed E-state index contributed by atoms with van der Waals surface area (Å²) in [4.78, 5) is 4.59. The molecule has 154 valence electrons. The number of hydrogen-bond acceptors (Lipinski definition) is 7. The van der Waals surface area contributed by atoms with Crippen LogP contribution in [0.5, 0.6) is 5.75 Å². The Hall–Kier alpha value is -3.21. The molecule has 1 heterocycles. The van der Waals surface area contributed by atoms with Crippen LogP contribution in [0.3, 0.4) is 0 Å². The number of nitriles is 1. The van der Waals surface area contributed by atoms with Crippen LogP contribution in [0, 0.1) is 11.3 Å². The van der Waals surface area contributed by atoms with Crippen molar-refractivity contribution in [3.63, 3.8) is 0 Å². The quantitative estimate of drug-likeness (QED) is 0.623. The van der Waals surface area contributed by atoms with Crippen LogP contribution in [-0.2, 0) is 12.8 Å². The average Bonchev–Trinajstić information content (AvgIpc) is 3.39. The van der Waals surface area contributed by atoms with Crippen LogP contribution in [0.4, 0.5) is 0 Å². The van der Waals surface area contributed by atoms with Gasteiger partial charge in [-0.05, 0) is 56.0 Å². The maximum atomic E-state index is 9.46. The molecule has 0 saturated carbocycles. The van der Waals surface area contributed by atoms with Gasteiger partial charge in [-0.25, -0.2) is 0 Å². The zero-order chi connectivity index (χ0) is 21.1. The second-order valence-corrected chi connectivity index (χ2v) is 7.64. The zero-order valence-electron chi connectivity index (χ0n) is 17.1. The fraction of sp³-hybridized carbons (Fsp3) is 0.348. The molecule has 1 unspecified atom stereocenters. The molecule has 2 aromatic carbocycles. The molecule has 3 aromatic rings. The number of aliphatic hydroxyl groups excluding tert-OH is 1. The first-order valence-electron chi connectivity index (χ1n) is 10.1. The van der Waals surface area contributed by atoms with Gasteiger partial charge < -0.3 is 19.7 Å². The molecule has 0 radical (unpaired) electrons. The highest BCUT2D eigenvalue weighted by Gasteiger charge is 2.25. The lowest BCUT2D eigenvalue weighted by atomic mass is 10.0. The van der Waals surface area contributed by atoms with Crippen molar-refractivity contribution >= 4 is 0 Å². The summed E-state index contributed by atoms with van der Waals surface area (Å²) >= 11 is 0. The van der Waals surface area contributed by atoms with E-state index in [2.05, 4.69) is 27.6 Å². The van der Waals surface area contributed by atoms with Gasteiger partial charge in [-0.1, -0.05) is 23.4 Å². The molecular formula is C23H24N4O3. The minimum atomic E-state index is -0.0196. The third-order valence-electron chi connectivity index (χ3n) is 5.11. The molecule has 1 aliphatic rings. The summed E-state index contributed by atoms with van der Waals surface area (Å²) in [6.45, 7) is 4.54. The number of benzene rings is 2. The molecule has 0 bridgehead atoms. The number of nitrogens with zero attached hydrogens (tertiary/aromatic N) is 3. The lowest BCUT2D eigenvalue weighted by Crippen LogP contribution is -2.31. The van der Waals surface area contributed by atoms with Gasteiger partial charge in [0, 0.05) is 23.7 Å². The largest absolute Gasteiger partial charge is 0.490 e. The highest BCUT2D eigenvalue weighted by Crippen LogP contribution is 2.33. The summed E-state index contributed by atoms with van der Waals surface area (Å²) in [6, 6.07) is 13.9. The number of aromatic nitrogens is 2. The van der Waals surface area contributed by atoms with Crippen molar-refractivity contribution in [1.82, 2.24) is 15.5 Å². The summed E-state index contributed by atoms with van der Waals surface area (Å²) in [5, 5.41) is 26.1. The van der Waals surface area contributed by atoms with Crippen LogP contribution >= 0.6 is 0 Å². The first-order valence-corrected chi connectivity index (χ1v) is 10.1. The molecule has 0 fully saturated rings. The standard InChI is InChI=1S/C23H24N4O3/c1-14(2)29-21-7-6-16(10-17(21)13-24)23-26-22(27-30-23)19-5-3-4-15-11-18(12-20(15)19)25-8-9-28/h3-7,10,14,18,25,28H,8-9,11-12H2,1-2H3. The van der Waals surface area contributed by atoms with Gasteiger partial charge >= 0.3 is 0 Å². The lowest BCUT2D eigenvalue weighted by Gasteiger charge is -2.11. The van der Waals surface area contributed by atoms with Crippen LogP contribution in [0.15, 0.2) is 40.9 Å². The predicted molar refractivity (Wildman–Crippen MR) is 112 cm³/mol. The Labute approximate surface area is 175 Å². The van der Waals surface area contributed by atoms with Crippen molar-refractivity contribution in [3.8, 4) is 34.7 Å². The van der Waals surface area contributed by atoms with E-state index in [9.17, 15) is 5.26 Å². The van der Waals surface area contributed by atoms with E-state index in [0.29, 0.717) is 41.2 Å². The normalized spacial score (nSPS) is 15.2. The van der Waals surface area contributed by atoms with Crippen molar-refractivity contribution in [3.05, 3.63) is 53.1 Å². The molecule has 0 amide bonds. The van der Waals surface area contributed by atoms with Crippen molar-refractivity contribution < 1.29 is 14.4 Å². The Kier molecular flexibility index (Phi) is 5.79. The van der Waals surface area contributed by atoms with Gasteiger partial charge in [0.25, 0.3) is 5.89 Å². The van der Waals surface area contributed by atoms with Crippen LogP contribution in [0.2, 0.25) is 0 Å². The molecular weight excluding hydrogens is 380 g/mol. The molecule has 0 spiro atoms. The second-order valence-electron chi connectivity index (χ2n) is 7.64. The van der Waals surface area contributed by atoms with Gasteiger partial charge in [-0.2, -0.15) is 10.2 Å². The maximum absolute atomic E-state index is 9.46. The topological polar surface area (TPSA) is 104 Å². The summed E-state index contributed by atoms with van der Waals surface area (Å²) < 4.78 is 11.2. The van der Waals surface area contributed by atoms with Gasteiger partial charge in [0.05, 0.1) is 18.3 Å². The highest BCUT2D eigenvalue weighted by molar-refractivity contribution is 5.67. The number of ether oxygens (including phenoxy) is 1. The molecule has 30 heavy (non-hydrogen) atoms. The minimum absolute atomic E-state index is 0.0196. The maximum Gasteiger partial charge on any atom is 0.258 e. The van der Waals surface area contributed by atoms with E-state index >= 15 is 0 Å². The van der Waals surface area contributed by atoms with E-state index in [1.165, 1.54) is 11.1 Å². The molecule has 7 nitrogen and oxygen atoms in total. The monoisotopic (exact) mass is 404 g/mol. The van der Waals surface area contributed by atoms with Crippen LogP contribution in [-0.4, -0.2) is 40.5 Å². The van der Waals surface area contributed by atoms with E-state index < -0.39 is 0 Å². The number of nitrogens with one attached hydrogen (secondary N) is 1. The lowest BCUT2D eigenvalue weighted by molar-refractivity contribution is 0.241. The fourth-order valence-electron chi connectivity index (χ4n) is 3.83. The van der Waals surface area contributed by atoms with Gasteiger partial charge in [0.2, 0.25) is 5.82 Å². The van der Waals surface area contributed by atoms with Crippen LogP contribution < -0.4 is 10.1 Å². The molecule has 1 atom stereocenters. The number of aliphatic hydroxyl groups is 1. The molecule has 0 saturated heterocycles. The molecule has 2 N–H and O–H groups in total. The Morgan fingerprint density at radius 3 is 2.93 bits per heavy atom. The van der Waals surface area contributed by atoms with E-state index in [4.69, 9.17) is 14.4 Å². The van der Waals surface area contributed by atoms with Crippen molar-refractivity contribution in [1.29, 1.82) is 5.26 Å². The third-order valence-corrected chi connectivity index (χ3v) is 5.11. The van der Waals surface area contributed by atoms with E-state index in [-0.39, 0.29) is 12.7 Å². The molecule has 1 aromatic heterocycles. The van der Waals surface area contributed by atoms with Gasteiger partial charge in [-0.3, -0.25) is 0 Å². The van der Waals surface area contributed by atoms with E-state index in [1.54, 1.807) is 12.1 Å². The fourth-order valence-corrected chi connectivity index (χ4v) is 3.83. The third kappa shape index (κ3) is 4.06. The van der Waals surface area contributed by atoms with Gasteiger partial charge in [0.15, 0.2) is 0 Å². The SMILES string of the molecule is CC(C)Oc1ccc(-c2nc(-c3cccc4c3CC(NCCO)C4)no2)cc1C#N. The average molecular weight is 404 g/mol. The summed E-state index contributed by atoms with van der Waals surface area (Å²) in [7, 11) is 0. The smallest absolute Gasteiger partial charge is 0.258 e. The van der Waals surface area contributed by atoms with E-state index in [0.717, 1.165) is 18.4 Å². The number of hydrogen-bond donors (Lipinski definition) is 2. The summed E-state index contributed by atoms with van der Waals surface area (Å²) in [6.07, 6.45) is 1.75. The number of rotatable bonds is 7. The first-order chi connectivity index (χ1) is 14.6. The predicted octanol–water partition coefficient (Wildman–Crippen LogP) is 3.11.